The molecule has 0 radical (unpaired) electrons. The summed E-state index contributed by atoms with van der Waals surface area (Å²) in [6.07, 6.45) is 3.38. The number of hydrogen-bond acceptors (Lipinski definition) is 0. The average Bonchev–Trinajstić information content (AvgIpc) is 3.32. The normalized spacial score (nSPS) is 106. The molecule has 12 rings (SSSR count). The maximum Gasteiger partial charge on any atom is 0.0358 e. The Morgan fingerprint density at radius 3 is 1.00 bits per heavy atom. The SMILES string of the molecule is IC12[C@@H]3[C@H]4C[C@@H]([C@@H]31)[C@@H]1[C@H]4C12C12[C@@H]3[C@H]4C[C@H]([C@@H]5[C@H]4C51I)[C@@H]32. The van der Waals surface area contributed by atoms with Crippen molar-refractivity contribution in [3.8, 4) is 0 Å². The minimum atomic E-state index is 0.873. The highest BCUT2D eigenvalue weighted by Gasteiger charge is 3.16. The molecule has 0 aliphatic heterocycles. The van der Waals surface area contributed by atoms with E-state index in [0.29, 0.717) is 0 Å². The molecule has 2 heteroatoms. The first-order chi connectivity index (χ1) is 9.69. The van der Waals surface area contributed by atoms with Gasteiger partial charge in [-0.2, -0.15) is 0 Å². The van der Waals surface area contributed by atoms with E-state index in [2.05, 4.69) is 45.2 Å². The lowest BCUT2D eigenvalue weighted by molar-refractivity contribution is 0.207. The van der Waals surface area contributed by atoms with Crippen LogP contribution >= 0.6 is 45.2 Å². The predicted molar refractivity (Wildman–Crippen MR) is 89.5 cm³/mol. The van der Waals surface area contributed by atoms with Crippen molar-refractivity contribution >= 4 is 45.2 Å². The molecule has 12 aliphatic rings. The van der Waals surface area contributed by atoms with Crippen LogP contribution in [0.2, 0.25) is 0 Å². The van der Waals surface area contributed by atoms with Crippen LogP contribution in [0, 0.1) is 81.8 Å². The van der Waals surface area contributed by atoms with Crippen LogP contribution in [0.3, 0.4) is 0 Å². The van der Waals surface area contributed by atoms with Crippen molar-refractivity contribution < 1.29 is 0 Å². The molecule has 0 aromatic rings. The Labute approximate surface area is 145 Å². The van der Waals surface area contributed by atoms with Crippen molar-refractivity contribution in [3.63, 3.8) is 0 Å². The molecule has 0 amide bonds. The van der Waals surface area contributed by atoms with Crippen molar-refractivity contribution in [1.82, 2.24) is 0 Å². The Hall–Kier alpha value is 1.46. The summed E-state index contributed by atoms with van der Waals surface area (Å²) in [6, 6.07) is 0. The van der Waals surface area contributed by atoms with Gasteiger partial charge < -0.3 is 0 Å². The van der Waals surface area contributed by atoms with Crippen LogP contribution in [0.4, 0.5) is 0 Å². The van der Waals surface area contributed by atoms with Gasteiger partial charge in [-0.05, 0) is 94.7 Å². The molecule has 4 unspecified atom stereocenters. The van der Waals surface area contributed by atoms with Crippen molar-refractivity contribution in [2.24, 2.45) is 81.8 Å². The van der Waals surface area contributed by atoms with E-state index in [1.807, 2.05) is 0 Å². The molecule has 16 atom stereocenters. The minimum absolute atomic E-state index is 0.873. The van der Waals surface area contributed by atoms with E-state index in [1.165, 1.54) is 71.0 Å². The third-order valence-electron chi connectivity index (χ3n) is 11.9. The lowest BCUT2D eigenvalue weighted by Gasteiger charge is -2.36. The fourth-order valence-electron chi connectivity index (χ4n) is 13.0. The maximum absolute atomic E-state index is 3.08. The van der Waals surface area contributed by atoms with E-state index in [9.17, 15) is 0 Å². The molecule has 12 fully saturated rings. The summed E-state index contributed by atoms with van der Waals surface area (Å²) in [5, 5.41) is 0. The lowest BCUT2D eigenvalue weighted by Crippen LogP contribution is -2.38. The van der Waals surface area contributed by atoms with E-state index in [1.54, 1.807) is 12.8 Å². The van der Waals surface area contributed by atoms with Crippen LogP contribution in [0.25, 0.3) is 0 Å². The second-order valence-electron chi connectivity index (χ2n) is 10.6. The molecule has 4 bridgehead atoms. The van der Waals surface area contributed by atoms with Crippen molar-refractivity contribution in [2.75, 3.05) is 0 Å². The largest absolute Gasteiger partial charge is 0.0776 e. The van der Waals surface area contributed by atoms with Crippen LogP contribution in [-0.2, 0) is 0 Å². The van der Waals surface area contributed by atoms with Crippen LogP contribution in [0.1, 0.15) is 12.8 Å². The smallest absolute Gasteiger partial charge is 0.0358 e. The van der Waals surface area contributed by atoms with Gasteiger partial charge in [0, 0.05) is 6.84 Å². The van der Waals surface area contributed by atoms with Crippen molar-refractivity contribution in [3.05, 3.63) is 0 Å². The quantitative estimate of drug-likeness (QED) is 0.393. The van der Waals surface area contributed by atoms with Gasteiger partial charge in [0.2, 0.25) is 0 Å². The summed E-state index contributed by atoms with van der Waals surface area (Å²) in [6.45, 7) is 0. The molecule has 0 saturated heterocycles. The van der Waals surface area contributed by atoms with Gasteiger partial charge in [0.25, 0.3) is 0 Å². The summed E-state index contributed by atoms with van der Waals surface area (Å²) in [7, 11) is 0. The molecule has 0 N–H and O–H groups in total. The van der Waals surface area contributed by atoms with Crippen LogP contribution in [-0.4, -0.2) is 6.84 Å². The third kappa shape index (κ3) is 0.428. The van der Waals surface area contributed by atoms with E-state index in [0.717, 1.165) is 17.7 Å². The van der Waals surface area contributed by atoms with Gasteiger partial charge in [-0.25, -0.2) is 0 Å². The van der Waals surface area contributed by atoms with Crippen molar-refractivity contribution in [1.29, 1.82) is 0 Å². The van der Waals surface area contributed by atoms with Crippen LogP contribution < -0.4 is 0 Å². The first-order valence-electron chi connectivity index (χ1n) is 9.07. The first-order valence-corrected chi connectivity index (χ1v) is 11.2. The monoisotopic (exact) mass is 486 g/mol. The molecule has 102 valence electrons. The zero-order valence-electron chi connectivity index (χ0n) is 11.1. The molecule has 20 heavy (non-hydrogen) atoms. The average molecular weight is 486 g/mol. The molecule has 0 spiro atoms. The van der Waals surface area contributed by atoms with Gasteiger partial charge in [0.1, 0.15) is 0 Å². The van der Waals surface area contributed by atoms with E-state index in [-0.39, 0.29) is 0 Å². The van der Waals surface area contributed by atoms with E-state index >= 15 is 0 Å². The third-order valence-corrected chi connectivity index (χ3v) is 16.5. The predicted octanol–water partition coefficient (Wildman–Crippen LogP) is 3.62. The number of alkyl halides is 2. The number of hydrogen-bond donors (Lipinski definition) is 0. The highest BCUT2D eigenvalue weighted by molar-refractivity contribution is 14.1. The van der Waals surface area contributed by atoms with Gasteiger partial charge in [0.05, 0.1) is 0 Å². The highest BCUT2D eigenvalue weighted by Crippen LogP contribution is 3.17. The zero-order chi connectivity index (χ0) is 12.3. The number of rotatable bonds is 1. The van der Waals surface area contributed by atoms with Gasteiger partial charge in [0.15, 0.2) is 0 Å². The number of halogens is 2. The second kappa shape index (κ2) is 1.92. The van der Waals surface area contributed by atoms with E-state index in [4.69, 9.17) is 0 Å². The minimum Gasteiger partial charge on any atom is -0.0776 e. The molecule has 0 heterocycles. The summed E-state index contributed by atoms with van der Waals surface area (Å²) >= 11 is 6.17. The molecule has 0 aromatic carbocycles. The fraction of sp³-hybridized carbons (Fsp3) is 1.00. The van der Waals surface area contributed by atoms with Crippen LogP contribution in [0.15, 0.2) is 0 Å². The molecular formula is C18H16I2. The molecule has 12 saturated carbocycles. The lowest BCUT2D eigenvalue weighted by atomic mass is 9.75. The summed E-state index contributed by atoms with van der Waals surface area (Å²) in [4.78, 5) is 0. The van der Waals surface area contributed by atoms with Gasteiger partial charge in [-0.15, -0.1) is 0 Å². The molecular weight excluding hydrogens is 470 g/mol. The summed E-state index contributed by atoms with van der Waals surface area (Å²) < 4.78 is 1.75. The van der Waals surface area contributed by atoms with Gasteiger partial charge in [-0.3, -0.25) is 0 Å². The Kier molecular flexibility index (Phi) is 0.931. The van der Waals surface area contributed by atoms with Gasteiger partial charge >= 0.3 is 0 Å². The van der Waals surface area contributed by atoms with E-state index < -0.39 is 0 Å². The Balaban J connectivity index is 1.37. The van der Waals surface area contributed by atoms with Crippen LogP contribution in [0.5, 0.6) is 0 Å². The van der Waals surface area contributed by atoms with Crippen molar-refractivity contribution in [2.45, 2.75) is 19.7 Å². The standard InChI is InChI=1S/C18H16I2/c19-17-11-3-1-4(12(11)17)8-7(3)15(8,17)16-9-5-2-6(10(9)16)14-13(5)18(14,16)20/h3-14H,1-2H2/t3-,4+,5-,6+,7-,8+,9-,10+,11+,12-,13+,14-,15?,16?,17?,18?. The fourth-order valence-corrected chi connectivity index (χ4v) is 18.4. The first kappa shape index (κ1) is 9.68. The Bertz CT molecular complexity index is 626. The summed E-state index contributed by atoms with van der Waals surface area (Å²) in [5.74, 6) is 15.0. The maximum atomic E-state index is 3.08. The van der Waals surface area contributed by atoms with Gasteiger partial charge in [-0.1, -0.05) is 45.2 Å². The molecule has 0 nitrogen and oxygen atoms in total. The summed E-state index contributed by atoms with van der Waals surface area (Å²) in [5.41, 5.74) is 1.91. The Morgan fingerprint density at radius 1 is 0.500 bits per heavy atom. The highest BCUT2D eigenvalue weighted by atomic mass is 127. The molecule has 12 aliphatic carbocycles. The topological polar surface area (TPSA) is 0 Å². The molecule has 0 aromatic heterocycles. The second-order valence-corrected chi connectivity index (χ2v) is 14.2. The Morgan fingerprint density at radius 2 is 0.800 bits per heavy atom. The zero-order valence-corrected chi connectivity index (χ0v) is 15.4.